The van der Waals surface area contributed by atoms with Crippen molar-refractivity contribution in [2.45, 2.75) is 118 Å². The van der Waals surface area contributed by atoms with E-state index in [2.05, 4.69) is 41.2 Å². The molecule has 0 aromatic rings. The highest BCUT2D eigenvalue weighted by atomic mass is 17.2. The number of hydrogen-bond acceptors (Lipinski definition) is 6. The van der Waals surface area contributed by atoms with Crippen LogP contribution in [-0.4, -0.2) is 65.6 Å². The fourth-order valence-electron chi connectivity index (χ4n) is 10.4. The van der Waals surface area contributed by atoms with Gasteiger partial charge in [0.25, 0.3) is 0 Å². The van der Waals surface area contributed by atoms with Gasteiger partial charge in [-0.15, -0.1) is 6.58 Å². The Bertz CT molecular complexity index is 819. The lowest BCUT2D eigenvalue weighted by Crippen LogP contribution is -2.54. The molecule has 0 aromatic heterocycles. The van der Waals surface area contributed by atoms with Crippen molar-refractivity contribution >= 4 is 0 Å². The van der Waals surface area contributed by atoms with Gasteiger partial charge in [0.2, 0.25) is 0 Å². The number of rotatable bonds is 21. The maximum atomic E-state index is 5.95. The van der Waals surface area contributed by atoms with Crippen molar-refractivity contribution in [2.75, 3.05) is 59.5 Å². The van der Waals surface area contributed by atoms with Crippen LogP contribution in [0.2, 0.25) is 0 Å². The topological polar surface area (TPSA) is 55.4 Å². The Balaban J connectivity index is 1.09. The first-order chi connectivity index (χ1) is 21.3. The number of ether oxygens (including phenoxy) is 4. The lowest BCUT2D eigenvalue weighted by molar-refractivity contribution is -0.339. The van der Waals surface area contributed by atoms with Crippen molar-refractivity contribution in [2.24, 2.45) is 52.3 Å². The normalized spacial score (nSPS) is 35.7. The van der Waals surface area contributed by atoms with Crippen molar-refractivity contribution in [3.63, 3.8) is 0 Å². The second-order valence-electron chi connectivity index (χ2n) is 15.7. The van der Waals surface area contributed by atoms with E-state index in [1.807, 2.05) is 0 Å². The molecule has 9 atom stereocenters. The minimum absolute atomic E-state index is 0.228. The van der Waals surface area contributed by atoms with Gasteiger partial charge in [0.1, 0.15) is 6.61 Å². The van der Waals surface area contributed by atoms with E-state index in [1.54, 1.807) is 6.08 Å². The summed E-state index contributed by atoms with van der Waals surface area (Å²) in [7, 11) is 0. The molecule has 0 radical (unpaired) electrons. The van der Waals surface area contributed by atoms with Crippen LogP contribution in [0.25, 0.3) is 0 Å². The minimum atomic E-state index is 0.228. The molecule has 4 fully saturated rings. The van der Waals surface area contributed by atoms with E-state index in [9.17, 15) is 0 Å². The molecular weight excluding hydrogens is 552 g/mol. The molecule has 4 aliphatic carbocycles. The molecule has 0 unspecified atom stereocenters. The van der Waals surface area contributed by atoms with Crippen LogP contribution in [0, 0.1) is 52.3 Å². The highest BCUT2D eigenvalue weighted by molar-refractivity contribution is 5.09. The third-order valence-corrected chi connectivity index (χ3v) is 12.7. The van der Waals surface area contributed by atoms with E-state index in [-0.39, 0.29) is 6.10 Å². The average molecular weight is 621 g/mol. The summed E-state index contributed by atoms with van der Waals surface area (Å²) in [5.74, 6) is 6.28. The van der Waals surface area contributed by atoms with Gasteiger partial charge in [-0.05, 0) is 110 Å². The third-order valence-electron chi connectivity index (χ3n) is 12.7. The standard InChI is InChI=1S/C38H68O6/c1-7-19-39-20-21-40-22-23-41-24-25-42-26-27-43-44-32-15-17-37(5)31(28-32)11-12-33-35-14-13-34(30(4)10-8-9-29(2)3)38(35,6)18-16-36(33)37/h7,29-36H,1,8-28H2,2-6H3/t30-,31+,32+,33+,34-,35+,36+,37+,38-/m1/s1. The monoisotopic (exact) mass is 621 g/mol. The molecule has 0 heterocycles. The third kappa shape index (κ3) is 9.53. The summed E-state index contributed by atoms with van der Waals surface area (Å²) in [6, 6.07) is 0. The molecule has 0 aliphatic heterocycles. The molecule has 0 aromatic carbocycles. The highest BCUT2D eigenvalue weighted by Gasteiger charge is 2.60. The van der Waals surface area contributed by atoms with Gasteiger partial charge in [-0.25, -0.2) is 9.78 Å². The zero-order valence-electron chi connectivity index (χ0n) is 29.2. The van der Waals surface area contributed by atoms with Gasteiger partial charge in [0.15, 0.2) is 0 Å². The molecule has 4 saturated carbocycles. The Morgan fingerprint density at radius 2 is 1.34 bits per heavy atom. The molecule has 4 aliphatic rings. The molecule has 4 rings (SSSR count). The zero-order chi connectivity index (χ0) is 31.4. The largest absolute Gasteiger partial charge is 0.377 e. The van der Waals surface area contributed by atoms with E-state index in [0.29, 0.717) is 70.3 Å². The van der Waals surface area contributed by atoms with Crippen LogP contribution in [0.5, 0.6) is 0 Å². The molecule has 0 saturated heterocycles. The predicted octanol–water partition coefficient (Wildman–Crippen LogP) is 8.68. The smallest absolute Gasteiger partial charge is 0.106 e. The summed E-state index contributed by atoms with van der Waals surface area (Å²) in [6.45, 7) is 21.3. The molecule has 0 amide bonds. The summed E-state index contributed by atoms with van der Waals surface area (Å²) in [6.07, 6.45) is 18.5. The van der Waals surface area contributed by atoms with Gasteiger partial charge >= 0.3 is 0 Å². The van der Waals surface area contributed by atoms with Crippen LogP contribution in [0.4, 0.5) is 0 Å². The summed E-state index contributed by atoms with van der Waals surface area (Å²) < 4.78 is 21.9. The van der Waals surface area contributed by atoms with Crippen LogP contribution >= 0.6 is 0 Å². The molecule has 256 valence electrons. The maximum Gasteiger partial charge on any atom is 0.106 e. The zero-order valence-corrected chi connectivity index (χ0v) is 29.2. The van der Waals surface area contributed by atoms with Gasteiger partial charge < -0.3 is 18.9 Å². The van der Waals surface area contributed by atoms with E-state index in [1.165, 1.54) is 64.2 Å². The Labute approximate surface area is 270 Å². The van der Waals surface area contributed by atoms with Crippen molar-refractivity contribution in [1.29, 1.82) is 0 Å². The first-order valence-corrected chi connectivity index (χ1v) is 18.5. The minimum Gasteiger partial charge on any atom is -0.377 e. The van der Waals surface area contributed by atoms with Crippen LogP contribution in [-0.2, 0) is 28.7 Å². The fraction of sp³-hybridized carbons (Fsp3) is 0.947. The second kappa shape index (κ2) is 18.2. The Hall–Kier alpha value is -0.500. The quantitative estimate of drug-likeness (QED) is 0.0554. The Kier molecular flexibility index (Phi) is 15.0. The second-order valence-corrected chi connectivity index (χ2v) is 15.7. The van der Waals surface area contributed by atoms with Crippen LogP contribution < -0.4 is 0 Å². The molecule has 0 bridgehead atoms. The predicted molar refractivity (Wildman–Crippen MR) is 177 cm³/mol. The van der Waals surface area contributed by atoms with Crippen LogP contribution in [0.3, 0.4) is 0 Å². The van der Waals surface area contributed by atoms with E-state index < -0.39 is 0 Å². The van der Waals surface area contributed by atoms with Gasteiger partial charge in [0.05, 0.1) is 59.0 Å². The van der Waals surface area contributed by atoms with Crippen LogP contribution in [0.1, 0.15) is 112 Å². The van der Waals surface area contributed by atoms with Crippen molar-refractivity contribution in [3.05, 3.63) is 12.7 Å². The Morgan fingerprint density at radius 1 is 0.705 bits per heavy atom. The fourth-order valence-corrected chi connectivity index (χ4v) is 10.4. The summed E-state index contributed by atoms with van der Waals surface area (Å²) >= 11 is 0. The van der Waals surface area contributed by atoms with E-state index >= 15 is 0 Å². The first-order valence-electron chi connectivity index (χ1n) is 18.5. The lowest BCUT2D eigenvalue weighted by Gasteiger charge is -2.61. The van der Waals surface area contributed by atoms with Crippen molar-refractivity contribution < 1.29 is 28.7 Å². The molecule has 6 nitrogen and oxygen atoms in total. The summed E-state index contributed by atoms with van der Waals surface area (Å²) in [5.41, 5.74) is 1.07. The van der Waals surface area contributed by atoms with Crippen molar-refractivity contribution in [3.8, 4) is 0 Å². The summed E-state index contributed by atoms with van der Waals surface area (Å²) in [5, 5.41) is 0. The van der Waals surface area contributed by atoms with Gasteiger partial charge in [-0.1, -0.05) is 60.0 Å². The SMILES string of the molecule is C=CCOCCOCCOCCOCCOO[C@H]1CC[C@@]2(C)[C@@H](CC[C@@H]3[C@@H]2CC[C@]2(C)[C@@H]([C@H](C)CCCC(C)C)CC[C@@H]32)C1. The number of fused-ring (bicyclic) bond motifs is 5. The van der Waals surface area contributed by atoms with Crippen molar-refractivity contribution in [1.82, 2.24) is 0 Å². The van der Waals surface area contributed by atoms with E-state index in [4.69, 9.17) is 28.7 Å². The maximum absolute atomic E-state index is 5.95. The molecular formula is C38H68O6. The van der Waals surface area contributed by atoms with Gasteiger partial charge in [-0.2, -0.15) is 0 Å². The van der Waals surface area contributed by atoms with Crippen LogP contribution in [0.15, 0.2) is 12.7 Å². The van der Waals surface area contributed by atoms with E-state index in [0.717, 1.165) is 54.3 Å². The lowest BCUT2D eigenvalue weighted by atomic mass is 9.44. The summed E-state index contributed by atoms with van der Waals surface area (Å²) in [4.78, 5) is 11.6. The molecule has 6 heteroatoms. The average Bonchev–Trinajstić information content (AvgIpc) is 3.36. The first kappa shape index (κ1) is 36.3. The van der Waals surface area contributed by atoms with Gasteiger partial charge in [0, 0.05) is 0 Å². The Morgan fingerprint density at radius 3 is 2.02 bits per heavy atom. The molecule has 44 heavy (non-hydrogen) atoms. The van der Waals surface area contributed by atoms with Gasteiger partial charge in [-0.3, -0.25) is 0 Å². The number of hydrogen-bond donors (Lipinski definition) is 0. The molecule has 0 N–H and O–H groups in total. The molecule has 0 spiro atoms. The highest BCUT2D eigenvalue weighted by Crippen LogP contribution is 2.68.